The van der Waals surface area contributed by atoms with Gasteiger partial charge >= 0.3 is 0 Å². The van der Waals surface area contributed by atoms with Crippen molar-refractivity contribution in [3.05, 3.63) is 17.8 Å². The van der Waals surface area contributed by atoms with Crippen LogP contribution in [0.5, 0.6) is 0 Å². The fourth-order valence-electron chi connectivity index (χ4n) is 1.73. The summed E-state index contributed by atoms with van der Waals surface area (Å²) in [6.45, 7) is 1.87. The van der Waals surface area contributed by atoms with Crippen LogP contribution in [0.3, 0.4) is 0 Å². The molecule has 2 heterocycles. The van der Waals surface area contributed by atoms with E-state index in [1.165, 1.54) is 0 Å². The third-order valence-electron chi connectivity index (χ3n) is 2.58. The van der Waals surface area contributed by atoms with Crippen LogP contribution in [-0.2, 0) is 4.79 Å². The molecule has 3 N–H and O–H groups in total. The maximum absolute atomic E-state index is 11.3. The van der Waals surface area contributed by atoms with E-state index in [9.17, 15) is 4.79 Å². The van der Waals surface area contributed by atoms with Gasteiger partial charge in [0.05, 0.1) is 11.8 Å². The lowest BCUT2D eigenvalue weighted by molar-refractivity contribution is -0.120. The van der Waals surface area contributed by atoms with Gasteiger partial charge in [0, 0.05) is 26.1 Å². The molecule has 1 aliphatic rings. The topological polar surface area (TPSA) is 84.1 Å². The summed E-state index contributed by atoms with van der Waals surface area (Å²) in [6.07, 6.45) is 1.99. The third kappa shape index (κ3) is 2.68. The van der Waals surface area contributed by atoms with Gasteiger partial charge in [-0.05, 0) is 6.07 Å². The average Bonchev–Trinajstić information content (AvgIpc) is 2.54. The second-order valence-corrected chi connectivity index (χ2v) is 4.16. The van der Waals surface area contributed by atoms with Crippen molar-refractivity contribution in [2.75, 3.05) is 24.5 Å². The quantitative estimate of drug-likeness (QED) is 0.685. The fraction of sp³-hybridized carbons (Fsp3) is 0.400. The lowest BCUT2D eigenvalue weighted by Crippen LogP contribution is -2.31. The van der Waals surface area contributed by atoms with Crippen molar-refractivity contribution in [3.8, 4) is 0 Å². The van der Waals surface area contributed by atoms with Crippen molar-refractivity contribution in [3.63, 3.8) is 0 Å². The Bertz CT molecular complexity index is 450. The molecular weight excluding hydrogens is 238 g/mol. The molecule has 90 valence electrons. The van der Waals surface area contributed by atoms with Crippen LogP contribution >= 0.6 is 12.2 Å². The molecule has 1 fully saturated rings. The van der Waals surface area contributed by atoms with E-state index in [1.54, 1.807) is 12.3 Å². The summed E-state index contributed by atoms with van der Waals surface area (Å²) in [4.78, 5) is 13.5. The van der Waals surface area contributed by atoms with Crippen LogP contribution in [-0.4, -0.2) is 40.7 Å². The van der Waals surface area contributed by atoms with Crippen LogP contribution in [0.4, 0.5) is 5.82 Å². The monoisotopic (exact) mass is 251 g/mol. The van der Waals surface area contributed by atoms with Crippen molar-refractivity contribution < 1.29 is 4.79 Å². The summed E-state index contributed by atoms with van der Waals surface area (Å²) in [5.74, 6) is 0.699. The number of nitrogens with one attached hydrogen (secondary N) is 1. The zero-order valence-electron chi connectivity index (χ0n) is 9.22. The van der Waals surface area contributed by atoms with Crippen molar-refractivity contribution in [2.45, 2.75) is 6.42 Å². The Morgan fingerprint density at radius 1 is 1.53 bits per heavy atom. The number of carbonyl (C=O) groups is 1. The third-order valence-corrected chi connectivity index (χ3v) is 2.80. The normalized spacial score (nSPS) is 16.2. The van der Waals surface area contributed by atoms with Crippen molar-refractivity contribution in [1.29, 1.82) is 0 Å². The van der Waals surface area contributed by atoms with Gasteiger partial charge in [-0.3, -0.25) is 4.79 Å². The molecule has 0 atom stereocenters. The number of carbonyl (C=O) groups excluding carboxylic acids is 1. The van der Waals surface area contributed by atoms with Crippen LogP contribution in [0.1, 0.15) is 12.0 Å². The Labute approximate surface area is 104 Å². The van der Waals surface area contributed by atoms with Gasteiger partial charge in [-0.2, -0.15) is 5.10 Å². The van der Waals surface area contributed by atoms with E-state index in [0.717, 1.165) is 0 Å². The standard InChI is InChI=1S/C10H13N5OS/c11-9(17)7-1-3-13-14-10(7)15-5-2-8(16)12-4-6-15/h1,3H,2,4-6H2,(H2,11,17)(H,12,16). The molecule has 1 aromatic heterocycles. The predicted octanol–water partition coefficient (Wildman–Crippen LogP) is -0.563. The smallest absolute Gasteiger partial charge is 0.221 e. The Morgan fingerprint density at radius 2 is 2.35 bits per heavy atom. The summed E-state index contributed by atoms with van der Waals surface area (Å²) in [7, 11) is 0. The van der Waals surface area contributed by atoms with E-state index in [2.05, 4.69) is 15.5 Å². The van der Waals surface area contributed by atoms with Crippen LogP contribution < -0.4 is 16.0 Å². The van der Waals surface area contributed by atoms with Crippen LogP contribution in [0.25, 0.3) is 0 Å². The summed E-state index contributed by atoms with van der Waals surface area (Å²) >= 11 is 4.98. The molecule has 1 saturated heterocycles. The van der Waals surface area contributed by atoms with Crippen molar-refractivity contribution in [2.24, 2.45) is 5.73 Å². The first-order valence-electron chi connectivity index (χ1n) is 5.31. The maximum Gasteiger partial charge on any atom is 0.221 e. The molecular formula is C10H13N5OS. The van der Waals surface area contributed by atoms with E-state index in [4.69, 9.17) is 18.0 Å². The number of nitrogens with two attached hydrogens (primary N) is 1. The zero-order valence-corrected chi connectivity index (χ0v) is 10.0. The zero-order chi connectivity index (χ0) is 12.3. The van der Waals surface area contributed by atoms with E-state index in [1.807, 2.05) is 4.90 Å². The molecule has 0 radical (unpaired) electrons. The van der Waals surface area contributed by atoms with Gasteiger partial charge in [-0.1, -0.05) is 12.2 Å². The van der Waals surface area contributed by atoms with Crippen LogP contribution in [0, 0.1) is 0 Å². The minimum Gasteiger partial charge on any atom is -0.389 e. The number of hydrogen-bond donors (Lipinski definition) is 2. The van der Waals surface area contributed by atoms with Crippen LogP contribution in [0.15, 0.2) is 12.3 Å². The highest BCUT2D eigenvalue weighted by Crippen LogP contribution is 2.16. The van der Waals surface area contributed by atoms with E-state index >= 15 is 0 Å². The second kappa shape index (κ2) is 5.05. The van der Waals surface area contributed by atoms with Gasteiger partial charge in [0.15, 0.2) is 5.82 Å². The Morgan fingerprint density at radius 3 is 3.12 bits per heavy atom. The lowest BCUT2D eigenvalue weighted by atomic mass is 10.2. The SMILES string of the molecule is NC(=S)c1ccnnc1N1CCNC(=O)CC1. The summed E-state index contributed by atoms with van der Waals surface area (Å²) in [5, 5.41) is 10.7. The second-order valence-electron chi connectivity index (χ2n) is 3.72. The van der Waals surface area contributed by atoms with Gasteiger partial charge in [0.2, 0.25) is 5.91 Å². The highest BCUT2D eigenvalue weighted by molar-refractivity contribution is 7.80. The number of rotatable bonds is 2. The molecule has 1 aromatic rings. The summed E-state index contributed by atoms with van der Waals surface area (Å²) in [5.41, 5.74) is 6.34. The molecule has 7 heteroatoms. The Kier molecular flexibility index (Phi) is 3.48. The minimum atomic E-state index is 0.0493. The largest absolute Gasteiger partial charge is 0.389 e. The molecule has 0 spiro atoms. The molecule has 0 bridgehead atoms. The van der Waals surface area contributed by atoms with Gasteiger partial charge in [-0.25, -0.2) is 0 Å². The molecule has 1 aliphatic heterocycles. The lowest BCUT2D eigenvalue weighted by Gasteiger charge is -2.21. The van der Waals surface area contributed by atoms with E-state index < -0.39 is 0 Å². The number of nitrogens with zero attached hydrogens (tertiary/aromatic N) is 3. The number of anilines is 1. The first-order valence-corrected chi connectivity index (χ1v) is 5.72. The van der Waals surface area contributed by atoms with Crippen molar-refractivity contribution in [1.82, 2.24) is 15.5 Å². The average molecular weight is 251 g/mol. The fourth-order valence-corrected chi connectivity index (χ4v) is 1.89. The summed E-state index contributed by atoms with van der Waals surface area (Å²) < 4.78 is 0. The number of amides is 1. The van der Waals surface area contributed by atoms with Gasteiger partial charge in [-0.15, -0.1) is 5.10 Å². The molecule has 0 unspecified atom stereocenters. The maximum atomic E-state index is 11.3. The van der Waals surface area contributed by atoms with Crippen LogP contribution in [0.2, 0.25) is 0 Å². The first kappa shape index (κ1) is 11.7. The molecule has 2 rings (SSSR count). The molecule has 0 saturated carbocycles. The van der Waals surface area contributed by atoms with Crippen molar-refractivity contribution >= 4 is 28.9 Å². The Hall–Kier alpha value is -1.76. The number of hydrogen-bond acceptors (Lipinski definition) is 5. The highest BCUT2D eigenvalue weighted by atomic mass is 32.1. The highest BCUT2D eigenvalue weighted by Gasteiger charge is 2.18. The summed E-state index contributed by atoms with van der Waals surface area (Å²) in [6, 6.07) is 1.74. The molecule has 1 amide bonds. The predicted molar refractivity (Wildman–Crippen MR) is 67.8 cm³/mol. The first-order chi connectivity index (χ1) is 8.18. The minimum absolute atomic E-state index is 0.0493. The Balaban J connectivity index is 2.26. The van der Waals surface area contributed by atoms with E-state index in [-0.39, 0.29) is 5.91 Å². The number of aromatic nitrogens is 2. The molecule has 17 heavy (non-hydrogen) atoms. The van der Waals surface area contributed by atoms with E-state index in [0.29, 0.717) is 42.4 Å². The molecule has 6 nitrogen and oxygen atoms in total. The molecule has 0 aromatic carbocycles. The van der Waals surface area contributed by atoms with Gasteiger partial charge in [0.1, 0.15) is 4.99 Å². The van der Waals surface area contributed by atoms with Gasteiger partial charge < -0.3 is 16.0 Å². The number of thiocarbonyl (C=S) groups is 1. The molecule has 0 aliphatic carbocycles. The van der Waals surface area contributed by atoms with Gasteiger partial charge in [0.25, 0.3) is 0 Å².